The van der Waals surface area contributed by atoms with Crippen LogP contribution in [0.15, 0.2) is 71.2 Å². The van der Waals surface area contributed by atoms with Crippen molar-refractivity contribution >= 4 is 44.8 Å². The Morgan fingerprint density at radius 2 is 1.48 bits per heavy atom. The number of rotatable bonds is 9. The lowest BCUT2D eigenvalue weighted by Gasteiger charge is -2.14. The quantitative estimate of drug-likeness (QED) is 0.331. The van der Waals surface area contributed by atoms with Crippen molar-refractivity contribution in [3.63, 3.8) is 0 Å². The molecule has 0 saturated heterocycles. The lowest BCUT2D eigenvalue weighted by molar-refractivity contribution is -0.119. The molecule has 0 spiro atoms. The van der Waals surface area contributed by atoms with Gasteiger partial charge in [0.05, 0.1) is 0 Å². The largest absolute Gasteiger partial charge is 0.483 e. The number of aryl methyl sites for hydroxylation is 1. The number of benzene rings is 3. The SMILES string of the molecule is Cc1ccc(NC(=O)COc2ccc(Br)cc2CNc2ccc(NC(=O)C(C)C)cc2)cc1. The summed E-state index contributed by atoms with van der Waals surface area (Å²) in [6, 6.07) is 20.8. The van der Waals surface area contributed by atoms with Crippen molar-refractivity contribution in [3.05, 3.63) is 82.3 Å². The average Bonchev–Trinajstić information content (AvgIpc) is 2.79. The maximum Gasteiger partial charge on any atom is 0.262 e. The summed E-state index contributed by atoms with van der Waals surface area (Å²) in [4.78, 5) is 24.1. The van der Waals surface area contributed by atoms with E-state index in [0.29, 0.717) is 12.3 Å². The monoisotopic (exact) mass is 509 g/mol. The Bertz CT molecular complexity index is 1100. The van der Waals surface area contributed by atoms with E-state index >= 15 is 0 Å². The third kappa shape index (κ3) is 7.64. The molecular weight excluding hydrogens is 482 g/mol. The summed E-state index contributed by atoms with van der Waals surface area (Å²) in [6.45, 7) is 6.12. The molecule has 3 aromatic carbocycles. The van der Waals surface area contributed by atoms with Gasteiger partial charge in [-0.05, 0) is 61.5 Å². The highest BCUT2D eigenvalue weighted by atomic mass is 79.9. The highest BCUT2D eigenvalue weighted by Crippen LogP contribution is 2.25. The van der Waals surface area contributed by atoms with Crippen LogP contribution in [0.2, 0.25) is 0 Å². The van der Waals surface area contributed by atoms with E-state index in [1.54, 1.807) is 0 Å². The lowest BCUT2D eigenvalue weighted by Crippen LogP contribution is -2.20. The Morgan fingerprint density at radius 3 is 2.15 bits per heavy atom. The van der Waals surface area contributed by atoms with Gasteiger partial charge in [-0.15, -0.1) is 0 Å². The van der Waals surface area contributed by atoms with E-state index in [-0.39, 0.29) is 24.3 Å². The van der Waals surface area contributed by atoms with Crippen LogP contribution in [0.25, 0.3) is 0 Å². The van der Waals surface area contributed by atoms with Crippen LogP contribution in [0.4, 0.5) is 17.1 Å². The number of carbonyl (C=O) groups is 2. The number of hydrogen-bond acceptors (Lipinski definition) is 4. The van der Waals surface area contributed by atoms with Crippen LogP contribution in [0.3, 0.4) is 0 Å². The van der Waals surface area contributed by atoms with E-state index in [1.807, 2.05) is 87.5 Å². The highest BCUT2D eigenvalue weighted by molar-refractivity contribution is 9.10. The Morgan fingerprint density at radius 1 is 0.879 bits per heavy atom. The molecule has 0 aromatic heterocycles. The van der Waals surface area contributed by atoms with E-state index in [4.69, 9.17) is 4.74 Å². The number of amides is 2. The summed E-state index contributed by atoms with van der Waals surface area (Å²) in [5, 5.41) is 9.06. The maximum absolute atomic E-state index is 12.3. The van der Waals surface area contributed by atoms with Crippen LogP contribution >= 0.6 is 15.9 Å². The standard InChI is InChI=1S/C26H28BrN3O3/c1-17(2)26(32)30-23-11-9-21(10-12-23)28-15-19-14-20(27)6-13-24(19)33-16-25(31)29-22-7-4-18(3)5-8-22/h4-14,17,28H,15-16H2,1-3H3,(H,29,31)(H,30,32). The number of nitrogens with one attached hydrogen (secondary N) is 3. The summed E-state index contributed by atoms with van der Waals surface area (Å²) in [5.41, 5.74) is 4.43. The van der Waals surface area contributed by atoms with Gasteiger partial charge in [0, 0.05) is 39.6 Å². The lowest BCUT2D eigenvalue weighted by atomic mass is 10.2. The molecule has 0 heterocycles. The van der Waals surface area contributed by atoms with E-state index < -0.39 is 0 Å². The van der Waals surface area contributed by atoms with E-state index in [1.165, 1.54) is 0 Å². The maximum atomic E-state index is 12.3. The molecule has 0 aliphatic carbocycles. The number of ether oxygens (including phenoxy) is 1. The van der Waals surface area contributed by atoms with E-state index in [0.717, 1.165) is 32.7 Å². The molecule has 0 aliphatic rings. The van der Waals surface area contributed by atoms with Crippen LogP contribution in [0.5, 0.6) is 5.75 Å². The molecule has 3 rings (SSSR count). The molecule has 0 aliphatic heterocycles. The fraction of sp³-hybridized carbons (Fsp3) is 0.231. The molecule has 3 N–H and O–H groups in total. The molecule has 172 valence electrons. The van der Waals surface area contributed by atoms with Gasteiger partial charge in [-0.2, -0.15) is 0 Å². The molecule has 0 atom stereocenters. The Labute approximate surface area is 202 Å². The van der Waals surface area contributed by atoms with Gasteiger partial charge in [0.2, 0.25) is 5.91 Å². The second kappa shape index (κ2) is 11.5. The van der Waals surface area contributed by atoms with Crippen molar-refractivity contribution in [1.82, 2.24) is 0 Å². The molecule has 0 bridgehead atoms. The van der Waals surface area contributed by atoms with Crippen molar-refractivity contribution in [3.8, 4) is 5.75 Å². The molecule has 6 nitrogen and oxygen atoms in total. The topological polar surface area (TPSA) is 79.5 Å². The zero-order valence-electron chi connectivity index (χ0n) is 18.9. The number of halogens is 1. The minimum atomic E-state index is -0.222. The van der Waals surface area contributed by atoms with E-state index in [2.05, 4.69) is 31.9 Å². The van der Waals surface area contributed by atoms with Crippen molar-refractivity contribution in [2.75, 3.05) is 22.6 Å². The minimum absolute atomic E-state index is 0.0157. The smallest absolute Gasteiger partial charge is 0.262 e. The first-order valence-corrected chi connectivity index (χ1v) is 11.5. The first-order chi connectivity index (χ1) is 15.8. The molecule has 0 fully saturated rings. The van der Waals surface area contributed by atoms with Crippen LogP contribution in [0.1, 0.15) is 25.0 Å². The van der Waals surface area contributed by atoms with Crippen LogP contribution < -0.4 is 20.7 Å². The summed E-state index contributed by atoms with van der Waals surface area (Å²) in [5.74, 6) is 0.319. The highest BCUT2D eigenvalue weighted by Gasteiger charge is 2.10. The molecule has 33 heavy (non-hydrogen) atoms. The molecule has 0 radical (unpaired) electrons. The fourth-order valence-corrected chi connectivity index (χ4v) is 3.37. The van der Waals surface area contributed by atoms with Gasteiger partial charge in [0.25, 0.3) is 5.91 Å². The van der Waals surface area contributed by atoms with Crippen molar-refractivity contribution in [2.24, 2.45) is 5.92 Å². The normalized spacial score (nSPS) is 10.6. The van der Waals surface area contributed by atoms with Crippen molar-refractivity contribution in [1.29, 1.82) is 0 Å². The summed E-state index contributed by atoms with van der Waals surface area (Å²) >= 11 is 3.49. The molecule has 3 aromatic rings. The number of hydrogen-bond donors (Lipinski definition) is 3. The fourth-order valence-electron chi connectivity index (χ4n) is 2.96. The second-order valence-corrected chi connectivity index (χ2v) is 8.95. The average molecular weight is 510 g/mol. The third-order valence-electron chi connectivity index (χ3n) is 4.88. The van der Waals surface area contributed by atoms with Crippen molar-refractivity contribution in [2.45, 2.75) is 27.3 Å². The summed E-state index contributed by atoms with van der Waals surface area (Å²) < 4.78 is 6.72. The van der Waals surface area contributed by atoms with Gasteiger partial charge in [-0.1, -0.05) is 47.5 Å². The van der Waals surface area contributed by atoms with Crippen LogP contribution in [-0.4, -0.2) is 18.4 Å². The Kier molecular flexibility index (Phi) is 8.49. The predicted molar refractivity (Wildman–Crippen MR) is 137 cm³/mol. The van der Waals surface area contributed by atoms with Gasteiger partial charge in [0.1, 0.15) is 5.75 Å². The second-order valence-electron chi connectivity index (χ2n) is 8.03. The van der Waals surface area contributed by atoms with E-state index in [9.17, 15) is 9.59 Å². The molecule has 2 amide bonds. The van der Waals surface area contributed by atoms with Crippen LogP contribution in [-0.2, 0) is 16.1 Å². The van der Waals surface area contributed by atoms with Crippen molar-refractivity contribution < 1.29 is 14.3 Å². The zero-order chi connectivity index (χ0) is 23.8. The zero-order valence-corrected chi connectivity index (χ0v) is 20.5. The van der Waals surface area contributed by atoms with Gasteiger partial charge >= 0.3 is 0 Å². The van der Waals surface area contributed by atoms with Gasteiger partial charge in [0.15, 0.2) is 6.61 Å². The van der Waals surface area contributed by atoms with Gasteiger partial charge < -0.3 is 20.7 Å². The molecule has 0 unspecified atom stereocenters. The van der Waals surface area contributed by atoms with Gasteiger partial charge in [-0.25, -0.2) is 0 Å². The minimum Gasteiger partial charge on any atom is -0.483 e. The summed E-state index contributed by atoms with van der Waals surface area (Å²) in [7, 11) is 0. The Hall–Kier alpha value is -3.32. The van der Waals surface area contributed by atoms with Gasteiger partial charge in [-0.3, -0.25) is 9.59 Å². The molecule has 7 heteroatoms. The summed E-state index contributed by atoms with van der Waals surface area (Å²) in [6.07, 6.45) is 0. The van der Waals surface area contributed by atoms with Crippen LogP contribution in [0, 0.1) is 12.8 Å². The third-order valence-corrected chi connectivity index (χ3v) is 5.37. The predicted octanol–water partition coefficient (Wildman–Crippen LogP) is 5.98. The molecule has 0 saturated carbocycles. The number of anilines is 3. The first kappa shape index (κ1) is 24.3. The number of carbonyl (C=O) groups excluding carboxylic acids is 2. The Balaban J connectivity index is 1.57. The molecular formula is C26H28BrN3O3. The first-order valence-electron chi connectivity index (χ1n) is 10.7.